The molecule has 0 unspecified atom stereocenters. The quantitative estimate of drug-likeness (QED) is 0.538. The van der Waals surface area contributed by atoms with Crippen LogP contribution in [-0.4, -0.2) is 41.4 Å². The zero-order valence-electron chi connectivity index (χ0n) is 21.1. The van der Waals surface area contributed by atoms with Crippen LogP contribution >= 0.6 is 0 Å². The van der Waals surface area contributed by atoms with Crippen molar-refractivity contribution in [2.45, 2.75) is 72.1 Å². The topological polar surface area (TPSA) is 32.8 Å². The van der Waals surface area contributed by atoms with E-state index in [4.69, 9.17) is 4.74 Å². The molecular weight excluding hydrogens is 420 g/mol. The first-order valence-electron chi connectivity index (χ1n) is 13.1. The van der Waals surface area contributed by atoms with E-state index in [1.807, 2.05) is 18.2 Å². The third-order valence-electron chi connectivity index (χ3n) is 8.21. The Kier molecular flexibility index (Phi) is 6.45. The molecule has 1 aliphatic carbocycles. The molecular formula is C30H40N2O2. The normalized spacial score (nSPS) is 27.0. The molecule has 3 fully saturated rings. The van der Waals surface area contributed by atoms with Crippen molar-refractivity contribution in [3.8, 4) is 5.75 Å². The van der Waals surface area contributed by atoms with E-state index in [0.717, 1.165) is 51.2 Å². The lowest BCUT2D eigenvalue weighted by Gasteiger charge is -2.40. The van der Waals surface area contributed by atoms with Gasteiger partial charge in [0.15, 0.2) is 0 Å². The van der Waals surface area contributed by atoms with E-state index >= 15 is 0 Å². The van der Waals surface area contributed by atoms with E-state index in [0.29, 0.717) is 29.4 Å². The zero-order chi connectivity index (χ0) is 23.8. The summed E-state index contributed by atoms with van der Waals surface area (Å²) in [5, 5.41) is 0. The largest absolute Gasteiger partial charge is 0.489 e. The maximum Gasteiger partial charge on any atom is 0.226 e. The molecule has 182 valence electrons. The fraction of sp³-hybridized carbons (Fsp3) is 0.567. The molecule has 4 heteroatoms. The van der Waals surface area contributed by atoms with Crippen LogP contribution in [0.5, 0.6) is 5.75 Å². The van der Waals surface area contributed by atoms with Gasteiger partial charge in [0.25, 0.3) is 0 Å². The average molecular weight is 461 g/mol. The lowest BCUT2D eigenvalue weighted by Crippen LogP contribution is -2.44. The third kappa shape index (κ3) is 5.33. The Balaban J connectivity index is 1.09. The Morgan fingerprint density at radius 2 is 1.65 bits per heavy atom. The summed E-state index contributed by atoms with van der Waals surface area (Å²) in [5.74, 6) is 1.55. The highest BCUT2D eigenvalue weighted by atomic mass is 16.5. The van der Waals surface area contributed by atoms with Crippen molar-refractivity contribution in [2.24, 2.45) is 16.7 Å². The van der Waals surface area contributed by atoms with Crippen LogP contribution in [0.2, 0.25) is 0 Å². The number of carbonyl (C=O) groups excluding carboxylic acids is 1. The number of hydrogen-bond donors (Lipinski definition) is 0. The van der Waals surface area contributed by atoms with Gasteiger partial charge in [-0.05, 0) is 79.3 Å². The predicted octanol–water partition coefficient (Wildman–Crippen LogP) is 5.90. The van der Waals surface area contributed by atoms with Gasteiger partial charge < -0.3 is 9.64 Å². The molecule has 0 radical (unpaired) electrons. The van der Waals surface area contributed by atoms with Gasteiger partial charge in [0, 0.05) is 25.0 Å². The Morgan fingerprint density at radius 3 is 2.35 bits per heavy atom. The Labute approximate surface area is 205 Å². The predicted molar refractivity (Wildman–Crippen MR) is 136 cm³/mol. The van der Waals surface area contributed by atoms with Crippen LogP contribution in [-0.2, 0) is 17.9 Å². The number of rotatable bonds is 6. The standard InChI is InChI=1S/C30H40N2O2/c1-29(2)17-26-18-30(3,21-29)22-32(26)28(33)25-13-15-31(16-14-25)19-23-9-11-27(12-10-23)34-20-24-7-5-4-6-8-24/h4-12,25-26H,13-22H2,1-3H3/t26-,30-/m1/s1. The number of piperidine rings is 1. The van der Waals surface area contributed by atoms with Gasteiger partial charge in [0.2, 0.25) is 5.91 Å². The van der Waals surface area contributed by atoms with E-state index in [1.54, 1.807) is 0 Å². The Bertz CT molecular complexity index is 979. The van der Waals surface area contributed by atoms with Crippen molar-refractivity contribution >= 4 is 5.91 Å². The molecule has 0 spiro atoms. The number of hydrogen-bond acceptors (Lipinski definition) is 3. The van der Waals surface area contributed by atoms with Gasteiger partial charge in [-0.25, -0.2) is 0 Å². The van der Waals surface area contributed by atoms with E-state index in [-0.39, 0.29) is 5.92 Å². The summed E-state index contributed by atoms with van der Waals surface area (Å²) < 4.78 is 5.92. The maximum absolute atomic E-state index is 13.5. The summed E-state index contributed by atoms with van der Waals surface area (Å²) in [5.41, 5.74) is 3.16. The molecule has 5 rings (SSSR count). The third-order valence-corrected chi connectivity index (χ3v) is 8.21. The molecule has 1 saturated carbocycles. The molecule has 2 aliphatic heterocycles. The molecule has 2 heterocycles. The zero-order valence-corrected chi connectivity index (χ0v) is 21.1. The number of ether oxygens (including phenoxy) is 1. The molecule has 2 bridgehead atoms. The molecule has 3 aliphatic rings. The summed E-state index contributed by atoms with van der Waals surface area (Å²) in [4.78, 5) is 18.2. The van der Waals surface area contributed by atoms with Crippen LogP contribution < -0.4 is 4.74 Å². The van der Waals surface area contributed by atoms with Crippen LogP contribution in [0, 0.1) is 16.7 Å². The lowest BCUT2D eigenvalue weighted by molar-refractivity contribution is -0.138. The molecule has 2 saturated heterocycles. The maximum atomic E-state index is 13.5. The monoisotopic (exact) mass is 460 g/mol. The minimum absolute atomic E-state index is 0.205. The summed E-state index contributed by atoms with van der Waals surface area (Å²) in [7, 11) is 0. The summed E-state index contributed by atoms with van der Waals surface area (Å²) in [6.07, 6.45) is 5.58. The van der Waals surface area contributed by atoms with E-state index in [9.17, 15) is 4.79 Å². The first-order valence-corrected chi connectivity index (χ1v) is 13.1. The van der Waals surface area contributed by atoms with E-state index < -0.39 is 0 Å². The minimum atomic E-state index is 0.205. The molecule has 0 N–H and O–H groups in total. The Hall–Kier alpha value is -2.33. The number of benzene rings is 2. The molecule has 2 aromatic rings. The number of fused-ring (bicyclic) bond motifs is 2. The van der Waals surface area contributed by atoms with Crippen molar-refractivity contribution in [1.82, 2.24) is 9.80 Å². The van der Waals surface area contributed by atoms with Gasteiger partial charge in [0.05, 0.1) is 0 Å². The van der Waals surface area contributed by atoms with E-state index in [2.05, 4.69) is 67.0 Å². The molecule has 1 amide bonds. The van der Waals surface area contributed by atoms with Gasteiger partial charge in [-0.15, -0.1) is 0 Å². The molecule has 0 aromatic heterocycles. The van der Waals surface area contributed by atoms with Gasteiger partial charge in [-0.2, -0.15) is 0 Å². The second-order valence-corrected chi connectivity index (χ2v) is 12.1. The highest BCUT2D eigenvalue weighted by Gasteiger charge is 2.51. The van der Waals surface area contributed by atoms with Gasteiger partial charge in [0.1, 0.15) is 12.4 Å². The average Bonchev–Trinajstić information content (AvgIpc) is 3.08. The van der Waals surface area contributed by atoms with Crippen LogP contribution in [0.4, 0.5) is 0 Å². The summed E-state index contributed by atoms with van der Waals surface area (Å²) in [6.45, 7) is 11.7. The lowest BCUT2D eigenvalue weighted by atomic mass is 9.65. The fourth-order valence-corrected chi connectivity index (χ4v) is 6.98. The summed E-state index contributed by atoms with van der Waals surface area (Å²) >= 11 is 0. The number of likely N-dealkylation sites (tertiary alicyclic amines) is 2. The number of nitrogens with zero attached hydrogens (tertiary/aromatic N) is 2. The van der Waals surface area contributed by atoms with Crippen LogP contribution in [0.3, 0.4) is 0 Å². The molecule has 4 nitrogen and oxygen atoms in total. The first-order chi connectivity index (χ1) is 16.3. The van der Waals surface area contributed by atoms with Crippen molar-refractivity contribution in [3.63, 3.8) is 0 Å². The first kappa shape index (κ1) is 23.4. The SMILES string of the molecule is CC1(C)C[C@@H]2C[C@@](C)(CN2C(=O)C2CCN(Cc3ccc(OCc4ccccc4)cc3)CC2)C1. The van der Waals surface area contributed by atoms with Crippen LogP contribution in [0.1, 0.15) is 64.0 Å². The van der Waals surface area contributed by atoms with Crippen molar-refractivity contribution in [1.29, 1.82) is 0 Å². The Morgan fingerprint density at radius 1 is 0.941 bits per heavy atom. The van der Waals surface area contributed by atoms with Crippen LogP contribution in [0.25, 0.3) is 0 Å². The second-order valence-electron chi connectivity index (χ2n) is 12.1. The van der Waals surface area contributed by atoms with Crippen molar-refractivity contribution in [3.05, 3.63) is 65.7 Å². The minimum Gasteiger partial charge on any atom is -0.489 e. The molecule has 2 aromatic carbocycles. The van der Waals surface area contributed by atoms with Gasteiger partial charge >= 0.3 is 0 Å². The van der Waals surface area contributed by atoms with Gasteiger partial charge in [-0.1, -0.05) is 63.2 Å². The van der Waals surface area contributed by atoms with E-state index in [1.165, 1.54) is 24.0 Å². The fourth-order valence-electron chi connectivity index (χ4n) is 6.98. The highest BCUT2D eigenvalue weighted by Crippen LogP contribution is 2.52. The van der Waals surface area contributed by atoms with Crippen molar-refractivity contribution < 1.29 is 9.53 Å². The number of carbonyl (C=O) groups is 1. The molecule has 2 atom stereocenters. The number of amides is 1. The van der Waals surface area contributed by atoms with Crippen molar-refractivity contribution in [2.75, 3.05) is 19.6 Å². The van der Waals surface area contributed by atoms with Crippen LogP contribution in [0.15, 0.2) is 54.6 Å². The second kappa shape index (κ2) is 9.37. The highest BCUT2D eigenvalue weighted by molar-refractivity contribution is 5.79. The molecule has 34 heavy (non-hydrogen) atoms. The summed E-state index contributed by atoms with van der Waals surface area (Å²) in [6, 6.07) is 19.2. The smallest absolute Gasteiger partial charge is 0.226 e. The van der Waals surface area contributed by atoms with Gasteiger partial charge in [-0.3, -0.25) is 9.69 Å².